The van der Waals surface area contributed by atoms with Crippen LogP contribution in [0, 0.1) is 11.8 Å². The highest BCUT2D eigenvalue weighted by atomic mass is 16.3. The van der Waals surface area contributed by atoms with Crippen LogP contribution in [0.1, 0.15) is 44.8 Å². The van der Waals surface area contributed by atoms with Gasteiger partial charge in [-0.25, -0.2) is 4.98 Å². The third kappa shape index (κ3) is 3.63. The molecule has 0 bridgehead atoms. The number of hydrogen-bond donors (Lipinski definition) is 1. The summed E-state index contributed by atoms with van der Waals surface area (Å²) in [5.74, 6) is 2.80. The first-order valence-corrected chi connectivity index (χ1v) is 6.42. The minimum Gasteiger partial charge on any atom is -0.447 e. The first kappa shape index (κ1) is 11.6. The number of aromatic nitrogens is 1. The summed E-state index contributed by atoms with van der Waals surface area (Å²) in [4.78, 5) is 3.89. The van der Waals surface area contributed by atoms with Gasteiger partial charge in [0.15, 0.2) is 6.39 Å². The molecule has 1 N–H and O–H groups in total. The summed E-state index contributed by atoms with van der Waals surface area (Å²) in [7, 11) is 0. The summed E-state index contributed by atoms with van der Waals surface area (Å²) >= 11 is 0. The third-order valence-electron chi connectivity index (χ3n) is 3.56. The van der Waals surface area contributed by atoms with Gasteiger partial charge in [-0.05, 0) is 31.2 Å². The van der Waals surface area contributed by atoms with Gasteiger partial charge in [0.25, 0.3) is 0 Å². The summed E-state index contributed by atoms with van der Waals surface area (Å²) in [5.41, 5.74) is 0. The molecule has 16 heavy (non-hydrogen) atoms. The fraction of sp³-hybridized carbons (Fsp3) is 0.769. The average Bonchev–Trinajstić information content (AvgIpc) is 2.77. The molecule has 1 aromatic heterocycles. The lowest BCUT2D eigenvalue weighted by Gasteiger charge is -2.26. The maximum absolute atomic E-state index is 5.17. The molecule has 3 heteroatoms. The minimum atomic E-state index is 0.808. The molecule has 2 unspecified atom stereocenters. The first-order valence-electron chi connectivity index (χ1n) is 6.42. The molecule has 3 nitrogen and oxygen atoms in total. The second-order valence-electron chi connectivity index (χ2n) is 5.07. The van der Waals surface area contributed by atoms with Crippen LogP contribution in [0.25, 0.3) is 0 Å². The quantitative estimate of drug-likeness (QED) is 0.778. The fourth-order valence-electron chi connectivity index (χ4n) is 2.67. The molecule has 2 rings (SSSR count). The van der Waals surface area contributed by atoms with Crippen LogP contribution in [0.15, 0.2) is 17.0 Å². The molecular weight excluding hydrogens is 200 g/mol. The Morgan fingerprint density at radius 3 is 3.19 bits per heavy atom. The van der Waals surface area contributed by atoms with Crippen LogP contribution in [0.2, 0.25) is 0 Å². The zero-order valence-corrected chi connectivity index (χ0v) is 10.1. The van der Waals surface area contributed by atoms with Gasteiger partial charge in [-0.2, -0.15) is 0 Å². The summed E-state index contributed by atoms with van der Waals surface area (Å²) < 4.78 is 5.17. The largest absolute Gasteiger partial charge is 0.447 e. The summed E-state index contributed by atoms with van der Waals surface area (Å²) in [5, 5.41) is 3.42. The molecular formula is C13H22N2O. The third-order valence-corrected chi connectivity index (χ3v) is 3.56. The van der Waals surface area contributed by atoms with Gasteiger partial charge in [-0.15, -0.1) is 0 Å². The van der Waals surface area contributed by atoms with E-state index in [9.17, 15) is 0 Å². The number of oxazole rings is 1. The van der Waals surface area contributed by atoms with Crippen LogP contribution < -0.4 is 5.32 Å². The van der Waals surface area contributed by atoms with E-state index >= 15 is 0 Å². The van der Waals surface area contributed by atoms with E-state index in [1.165, 1.54) is 38.5 Å². The van der Waals surface area contributed by atoms with Crippen LogP contribution >= 0.6 is 0 Å². The van der Waals surface area contributed by atoms with Crippen LogP contribution in [-0.4, -0.2) is 11.5 Å². The predicted molar refractivity (Wildman–Crippen MR) is 63.9 cm³/mol. The smallest absolute Gasteiger partial charge is 0.180 e. The maximum Gasteiger partial charge on any atom is 0.180 e. The average molecular weight is 222 g/mol. The number of nitrogens with zero attached hydrogens (tertiary/aromatic N) is 1. The molecule has 0 aliphatic heterocycles. The highest BCUT2D eigenvalue weighted by Gasteiger charge is 2.17. The van der Waals surface area contributed by atoms with E-state index in [1.807, 2.05) is 0 Å². The van der Waals surface area contributed by atoms with Crippen molar-refractivity contribution in [2.45, 2.75) is 45.6 Å². The Labute approximate surface area is 97.6 Å². The van der Waals surface area contributed by atoms with E-state index in [0.29, 0.717) is 0 Å². The molecule has 1 fully saturated rings. The minimum absolute atomic E-state index is 0.808. The molecule has 1 heterocycles. The number of nitrogens with one attached hydrogen (secondary N) is 1. The van der Waals surface area contributed by atoms with E-state index in [1.54, 1.807) is 6.20 Å². The zero-order chi connectivity index (χ0) is 11.2. The van der Waals surface area contributed by atoms with Crippen molar-refractivity contribution in [3.63, 3.8) is 0 Å². The van der Waals surface area contributed by atoms with Crippen molar-refractivity contribution in [1.29, 1.82) is 0 Å². The number of rotatable bonds is 5. The Hall–Kier alpha value is -0.830. The van der Waals surface area contributed by atoms with Gasteiger partial charge in [0, 0.05) is 0 Å². The van der Waals surface area contributed by atoms with E-state index < -0.39 is 0 Å². The van der Waals surface area contributed by atoms with E-state index in [0.717, 1.165) is 30.7 Å². The van der Waals surface area contributed by atoms with E-state index in [2.05, 4.69) is 17.2 Å². The molecule has 1 aliphatic carbocycles. The summed E-state index contributed by atoms with van der Waals surface area (Å²) in [6.07, 6.45) is 10.3. The van der Waals surface area contributed by atoms with Crippen molar-refractivity contribution < 1.29 is 4.42 Å². The van der Waals surface area contributed by atoms with Crippen LogP contribution in [0.3, 0.4) is 0 Å². The molecule has 0 amide bonds. The van der Waals surface area contributed by atoms with Crippen molar-refractivity contribution in [2.24, 2.45) is 11.8 Å². The second kappa shape index (κ2) is 6.04. The monoisotopic (exact) mass is 222 g/mol. The van der Waals surface area contributed by atoms with Gasteiger partial charge >= 0.3 is 0 Å². The van der Waals surface area contributed by atoms with Gasteiger partial charge in [0.05, 0.1) is 12.7 Å². The van der Waals surface area contributed by atoms with Gasteiger partial charge in [-0.1, -0.05) is 26.2 Å². The Kier molecular flexibility index (Phi) is 4.40. The standard InChI is InChI=1S/C13H22N2O/c1-11-3-2-4-12(7-11)5-6-14-8-13-9-15-10-16-13/h9-12,14H,2-8H2,1H3. The summed E-state index contributed by atoms with van der Waals surface area (Å²) in [6.45, 7) is 4.29. The maximum atomic E-state index is 5.17. The lowest BCUT2D eigenvalue weighted by molar-refractivity contribution is 0.267. The van der Waals surface area contributed by atoms with Crippen molar-refractivity contribution in [2.75, 3.05) is 6.54 Å². The molecule has 0 saturated heterocycles. The molecule has 1 aromatic rings. The van der Waals surface area contributed by atoms with Gasteiger partial charge in [-0.3, -0.25) is 0 Å². The molecule has 1 aliphatic rings. The Balaban J connectivity index is 1.57. The highest BCUT2D eigenvalue weighted by molar-refractivity contribution is 4.87. The van der Waals surface area contributed by atoms with Crippen molar-refractivity contribution >= 4 is 0 Å². The topological polar surface area (TPSA) is 38.1 Å². The van der Waals surface area contributed by atoms with E-state index in [4.69, 9.17) is 4.42 Å². The first-order chi connectivity index (χ1) is 7.84. The predicted octanol–water partition coefficient (Wildman–Crippen LogP) is 2.98. The molecule has 0 aromatic carbocycles. The lowest BCUT2D eigenvalue weighted by atomic mass is 9.81. The lowest BCUT2D eigenvalue weighted by Crippen LogP contribution is -2.20. The van der Waals surface area contributed by atoms with Gasteiger partial charge < -0.3 is 9.73 Å². The molecule has 0 spiro atoms. The number of hydrogen-bond acceptors (Lipinski definition) is 3. The van der Waals surface area contributed by atoms with E-state index in [-0.39, 0.29) is 0 Å². The van der Waals surface area contributed by atoms with Crippen molar-refractivity contribution in [3.05, 3.63) is 18.4 Å². The molecule has 0 radical (unpaired) electrons. The Morgan fingerprint density at radius 1 is 1.50 bits per heavy atom. The van der Waals surface area contributed by atoms with Crippen LogP contribution in [-0.2, 0) is 6.54 Å². The van der Waals surface area contributed by atoms with Crippen molar-refractivity contribution in [1.82, 2.24) is 10.3 Å². The Morgan fingerprint density at radius 2 is 2.44 bits per heavy atom. The normalized spacial score (nSPS) is 25.8. The molecule has 2 atom stereocenters. The zero-order valence-electron chi connectivity index (χ0n) is 10.1. The summed E-state index contributed by atoms with van der Waals surface area (Å²) in [6, 6.07) is 0. The van der Waals surface area contributed by atoms with Gasteiger partial charge in [0.1, 0.15) is 5.76 Å². The van der Waals surface area contributed by atoms with Crippen LogP contribution in [0.4, 0.5) is 0 Å². The second-order valence-corrected chi connectivity index (χ2v) is 5.07. The van der Waals surface area contributed by atoms with Crippen LogP contribution in [0.5, 0.6) is 0 Å². The Bertz CT molecular complexity index is 284. The molecule has 90 valence electrons. The SMILES string of the molecule is CC1CCCC(CCNCc2cnco2)C1. The van der Waals surface area contributed by atoms with Crippen molar-refractivity contribution in [3.8, 4) is 0 Å². The molecule has 1 saturated carbocycles. The fourth-order valence-corrected chi connectivity index (χ4v) is 2.67. The van der Waals surface area contributed by atoms with Gasteiger partial charge in [0.2, 0.25) is 0 Å². The highest BCUT2D eigenvalue weighted by Crippen LogP contribution is 2.30.